The highest BCUT2D eigenvalue weighted by molar-refractivity contribution is 5.67. The first-order chi connectivity index (χ1) is 14.0. The zero-order chi connectivity index (χ0) is 22.5. The number of nitrogens with zero attached hydrogens (tertiary/aromatic N) is 1. The lowest BCUT2D eigenvalue weighted by molar-refractivity contribution is -0.138. The Morgan fingerprint density at radius 3 is 2.30 bits per heavy atom. The van der Waals surface area contributed by atoms with Gasteiger partial charge >= 0.3 is 5.97 Å². The molecule has 1 aliphatic carbocycles. The van der Waals surface area contributed by atoms with Gasteiger partial charge in [0, 0.05) is 24.4 Å². The third kappa shape index (κ3) is 7.64. The number of carboxylic acids is 1. The predicted molar refractivity (Wildman–Crippen MR) is 118 cm³/mol. The van der Waals surface area contributed by atoms with Crippen molar-refractivity contribution in [1.29, 1.82) is 0 Å². The monoisotopic (exact) mass is 423 g/mol. The van der Waals surface area contributed by atoms with Crippen molar-refractivity contribution < 1.29 is 18.7 Å². The van der Waals surface area contributed by atoms with Gasteiger partial charge in [0.15, 0.2) is 0 Å². The Morgan fingerprint density at radius 1 is 1.13 bits per heavy atom. The minimum atomic E-state index is -0.842. The van der Waals surface area contributed by atoms with E-state index in [0.29, 0.717) is 11.5 Å². The van der Waals surface area contributed by atoms with Crippen molar-refractivity contribution in [2.24, 2.45) is 17.3 Å². The van der Waals surface area contributed by atoms with Crippen LogP contribution >= 0.6 is 0 Å². The summed E-state index contributed by atoms with van der Waals surface area (Å²) in [7, 11) is 0. The molecule has 1 aromatic rings. The summed E-state index contributed by atoms with van der Waals surface area (Å²) in [5.74, 6) is -1.75. The maximum absolute atomic E-state index is 14.1. The molecule has 0 amide bonds. The summed E-state index contributed by atoms with van der Waals surface area (Å²) in [6.07, 6.45) is 4.77. The van der Waals surface area contributed by atoms with Crippen molar-refractivity contribution in [2.75, 3.05) is 13.1 Å². The molecule has 0 radical (unpaired) electrons. The molecule has 0 heterocycles. The third-order valence-corrected chi connectivity index (χ3v) is 6.32. The van der Waals surface area contributed by atoms with Crippen LogP contribution < -0.4 is 0 Å². The lowest BCUT2D eigenvalue weighted by Crippen LogP contribution is -2.46. The van der Waals surface area contributed by atoms with E-state index in [4.69, 9.17) is 0 Å². The summed E-state index contributed by atoms with van der Waals surface area (Å²) in [6.45, 7) is 12.9. The van der Waals surface area contributed by atoms with E-state index in [1.165, 1.54) is 12.1 Å². The van der Waals surface area contributed by atoms with Gasteiger partial charge in [-0.15, -0.1) is 0 Å². The molecule has 1 aliphatic rings. The van der Waals surface area contributed by atoms with Gasteiger partial charge < -0.3 is 5.11 Å². The van der Waals surface area contributed by atoms with Crippen molar-refractivity contribution in [3.05, 3.63) is 35.4 Å². The van der Waals surface area contributed by atoms with E-state index in [1.807, 2.05) is 0 Å². The summed E-state index contributed by atoms with van der Waals surface area (Å²) in [5, 5.41) is 9.49. The topological polar surface area (TPSA) is 40.5 Å². The maximum Gasteiger partial charge on any atom is 0.303 e. The Kier molecular flexibility index (Phi) is 8.84. The Bertz CT molecular complexity index is 679. The lowest BCUT2D eigenvalue weighted by atomic mass is 9.70. The fourth-order valence-electron chi connectivity index (χ4n) is 4.73. The molecule has 0 aliphatic heterocycles. The minimum absolute atomic E-state index is 0.0383. The number of carboxylic acid groups (broad SMARTS) is 1. The lowest BCUT2D eigenvalue weighted by Gasteiger charge is -2.45. The molecule has 30 heavy (non-hydrogen) atoms. The average molecular weight is 424 g/mol. The van der Waals surface area contributed by atoms with Gasteiger partial charge in [0.1, 0.15) is 11.6 Å². The van der Waals surface area contributed by atoms with Crippen molar-refractivity contribution in [3.63, 3.8) is 0 Å². The van der Waals surface area contributed by atoms with Gasteiger partial charge in [0.2, 0.25) is 0 Å². The number of aliphatic carboxylic acids is 1. The number of rotatable bonds is 9. The van der Waals surface area contributed by atoms with Crippen LogP contribution in [-0.4, -0.2) is 35.1 Å². The molecule has 0 aromatic heterocycles. The molecular weight excluding hydrogens is 384 g/mol. The van der Waals surface area contributed by atoms with Gasteiger partial charge in [-0.2, -0.15) is 0 Å². The van der Waals surface area contributed by atoms with Crippen LogP contribution in [0.3, 0.4) is 0 Å². The Hall–Kier alpha value is -1.49. The molecule has 0 spiro atoms. The summed E-state index contributed by atoms with van der Waals surface area (Å²) in [5.41, 5.74) is 0.792. The van der Waals surface area contributed by atoms with E-state index in [0.717, 1.165) is 51.3 Å². The fraction of sp³-hybridized carbons (Fsp3) is 0.720. The molecule has 5 heteroatoms. The highest BCUT2D eigenvalue weighted by atomic mass is 19.1. The standard InChI is InChI=1S/C25H39F2NO2/c1-17(2)9-11-28(12-10-25(3,4)5)22-8-6-7-18(15-23(29)30)24(22)19-13-20(26)16-21(27)14-19/h13-14,16-18,22,24H,6-12,15H2,1-5H3,(H,29,30). The molecule has 170 valence electrons. The van der Waals surface area contributed by atoms with Crippen LogP contribution in [0, 0.1) is 28.9 Å². The van der Waals surface area contributed by atoms with Crippen molar-refractivity contribution in [3.8, 4) is 0 Å². The molecule has 0 bridgehead atoms. The smallest absolute Gasteiger partial charge is 0.303 e. The van der Waals surface area contributed by atoms with Gasteiger partial charge in [-0.05, 0) is 73.7 Å². The number of benzene rings is 1. The molecule has 3 nitrogen and oxygen atoms in total. The van der Waals surface area contributed by atoms with E-state index in [1.54, 1.807) is 0 Å². The first-order valence-electron chi connectivity index (χ1n) is 11.4. The van der Waals surface area contributed by atoms with Crippen molar-refractivity contribution >= 4 is 5.97 Å². The summed E-state index contributed by atoms with van der Waals surface area (Å²) in [6, 6.07) is 3.81. The molecule has 1 saturated carbocycles. The number of hydrogen-bond acceptors (Lipinski definition) is 2. The highest BCUT2D eigenvalue weighted by Crippen LogP contribution is 2.43. The van der Waals surface area contributed by atoms with Gasteiger partial charge in [-0.3, -0.25) is 9.69 Å². The van der Waals surface area contributed by atoms with E-state index in [2.05, 4.69) is 39.5 Å². The number of halogens is 2. The fourth-order valence-corrected chi connectivity index (χ4v) is 4.73. The maximum atomic E-state index is 14.1. The predicted octanol–water partition coefficient (Wildman–Crippen LogP) is 6.48. The van der Waals surface area contributed by atoms with Crippen LogP contribution in [0.5, 0.6) is 0 Å². The third-order valence-electron chi connectivity index (χ3n) is 6.32. The average Bonchev–Trinajstić information content (AvgIpc) is 2.59. The Balaban J connectivity index is 2.41. The zero-order valence-electron chi connectivity index (χ0n) is 19.3. The molecule has 3 atom stereocenters. The van der Waals surface area contributed by atoms with Crippen LogP contribution in [0.15, 0.2) is 18.2 Å². The second kappa shape index (κ2) is 10.7. The van der Waals surface area contributed by atoms with Gasteiger partial charge in [-0.1, -0.05) is 41.0 Å². The Labute approximate surface area is 180 Å². The first-order valence-corrected chi connectivity index (χ1v) is 11.4. The molecule has 1 aromatic carbocycles. The molecule has 0 saturated heterocycles. The second-order valence-corrected chi connectivity index (χ2v) is 10.6. The van der Waals surface area contributed by atoms with Crippen molar-refractivity contribution in [1.82, 2.24) is 4.90 Å². The van der Waals surface area contributed by atoms with Crippen LogP contribution in [0.1, 0.15) is 84.6 Å². The van der Waals surface area contributed by atoms with Crippen LogP contribution in [0.2, 0.25) is 0 Å². The van der Waals surface area contributed by atoms with Gasteiger partial charge in [-0.25, -0.2) is 8.78 Å². The van der Waals surface area contributed by atoms with E-state index in [9.17, 15) is 18.7 Å². The summed E-state index contributed by atoms with van der Waals surface area (Å²) in [4.78, 5) is 14.0. The Morgan fingerprint density at radius 2 is 1.77 bits per heavy atom. The van der Waals surface area contributed by atoms with Gasteiger partial charge in [0.05, 0.1) is 0 Å². The molecule has 1 fully saturated rings. The highest BCUT2D eigenvalue weighted by Gasteiger charge is 2.39. The van der Waals surface area contributed by atoms with Crippen molar-refractivity contribution in [2.45, 2.75) is 85.1 Å². The minimum Gasteiger partial charge on any atom is -0.481 e. The van der Waals surface area contributed by atoms with Crippen LogP contribution in [0.25, 0.3) is 0 Å². The number of hydrogen-bond donors (Lipinski definition) is 1. The summed E-state index contributed by atoms with van der Waals surface area (Å²) >= 11 is 0. The second-order valence-electron chi connectivity index (χ2n) is 10.6. The SMILES string of the molecule is CC(C)CCN(CCC(C)(C)C)C1CCCC(CC(=O)O)C1c1cc(F)cc(F)c1. The molecular formula is C25H39F2NO2. The number of carbonyl (C=O) groups is 1. The van der Waals surface area contributed by atoms with Gasteiger partial charge in [0.25, 0.3) is 0 Å². The van der Waals surface area contributed by atoms with E-state index >= 15 is 0 Å². The summed E-state index contributed by atoms with van der Waals surface area (Å²) < 4.78 is 28.2. The quantitative estimate of drug-likeness (QED) is 0.494. The molecule has 3 unspecified atom stereocenters. The molecule has 1 N–H and O–H groups in total. The largest absolute Gasteiger partial charge is 0.481 e. The first kappa shape index (κ1) is 24.8. The normalized spacial score (nSPS) is 22.6. The van der Waals surface area contributed by atoms with E-state index in [-0.39, 0.29) is 29.7 Å². The van der Waals surface area contributed by atoms with Crippen LogP contribution in [-0.2, 0) is 4.79 Å². The van der Waals surface area contributed by atoms with E-state index < -0.39 is 17.6 Å². The van der Waals surface area contributed by atoms with Crippen LogP contribution in [0.4, 0.5) is 8.78 Å². The molecule has 2 rings (SSSR count). The zero-order valence-corrected chi connectivity index (χ0v) is 19.3.